The molecule has 31 heavy (non-hydrogen) atoms. The van der Waals surface area contributed by atoms with Gasteiger partial charge in [0.05, 0.1) is 26.8 Å². The van der Waals surface area contributed by atoms with Crippen molar-refractivity contribution in [1.29, 1.82) is 0 Å². The third-order valence-corrected chi connectivity index (χ3v) is 4.86. The fourth-order valence-corrected chi connectivity index (χ4v) is 3.24. The minimum Gasteiger partial charge on any atom is -0.497 e. The van der Waals surface area contributed by atoms with Gasteiger partial charge < -0.3 is 29.7 Å². The minimum absolute atomic E-state index is 0.363. The number of rotatable bonds is 7. The zero-order chi connectivity index (χ0) is 22.4. The van der Waals surface area contributed by atoms with E-state index in [1.54, 1.807) is 55.3 Å². The Bertz CT molecular complexity index is 977. The molecule has 1 aliphatic heterocycles. The van der Waals surface area contributed by atoms with Gasteiger partial charge in [-0.05, 0) is 42.8 Å². The van der Waals surface area contributed by atoms with Crippen LogP contribution in [-0.4, -0.2) is 50.2 Å². The molecular formula is C22H25N3O6. The molecule has 3 rings (SSSR count). The highest BCUT2D eigenvalue weighted by Gasteiger charge is 2.23. The van der Waals surface area contributed by atoms with Crippen LogP contribution in [-0.2, 0) is 20.9 Å². The van der Waals surface area contributed by atoms with Crippen LogP contribution in [0.15, 0.2) is 42.5 Å². The fraction of sp³-hybridized carbons (Fsp3) is 0.318. The summed E-state index contributed by atoms with van der Waals surface area (Å²) < 4.78 is 15.5. The van der Waals surface area contributed by atoms with E-state index in [9.17, 15) is 14.4 Å². The van der Waals surface area contributed by atoms with Crippen molar-refractivity contribution in [2.75, 3.05) is 32.7 Å². The molecule has 0 bridgehead atoms. The summed E-state index contributed by atoms with van der Waals surface area (Å²) in [6, 6.07) is 11.7. The molecule has 1 atom stereocenters. The van der Waals surface area contributed by atoms with Gasteiger partial charge in [-0.3, -0.25) is 9.59 Å². The summed E-state index contributed by atoms with van der Waals surface area (Å²) in [5.41, 5.74) is 1.95. The molecule has 1 unspecified atom stereocenters. The Hall–Kier alpha value is -3.75. The first-order chi connectivity index (χ1) is 14.9. The smallest absolute Gasteiger partial charge is 0.410 e. The predicted molar refractivity (Wildman–Crippen MR) is 113 cm³/mol. The van der Waals surface area contributed by atoms with Gasteiger partial charge in [0.1, 0.15) is 18.1 Å². The molecule has 0 aromatic heterocycles. The number of carbonyl (C=O) groups excluding carboxylic acids is 3. The first-order valence-electron chi connectivity index (χ1n) is 9.75. The molecule has 0 aliphatic carbocycles. The van der Waals surface area contributed by atoms with E-state index in [0.29, 0.717) is 42.4 Å². The number of nitrogens with one attached hydrogen (secondary N) is 2. The van der Waals surface area contributed by atoms with Gasteiger partial charge in [0.15, 0.2) is 0 Å². The van der Waals surface area contributed by atoms with Crippen molar-refractivity contribution in [3.8, 4) is 11.5 Å². The van der Waals surface area contributed by atoms with E-state index in [-0.39, 0.29) is 6.09 Å². The van der Waals surface area contributed by atoms with Gasteiger partial charge in [-0.15, -0.1) is 0 Å². The monoisotopic (exact) mass is 427 g/mol. The van der Waals surface area contributed by atoms with Crippen LogP contribution in [0.25, 0.3) is 0 Å². The van der Waals surface area contributed by atoms with Crippen molar-refractivity contribution >= 4 is 23.6 Å². The summed E-state index contributed by atoms with van der Waals surface area (Å²) in [5, 5.41) is 5.25. The predicted octanol–water partition coefficient (Wildman–Crippen LogP) is 2.47. The van der Waals surface area contributed by atoms with E-state index in [0.717, 1.165) is 5.56 Å². The van der Waals surface area contributed by atoms with Crippen LogP contribution in [0.2, 0.25) is 0 Å². The molecule has 1 heterocycles. The fourth-order valence-electron chi connectivity index (χ4n) is 3.24. The highest BCUT2D eigenvalue weighted by Crippen LogP contribution is 2.29. The average molecular weight is 427 g/mol. The summed E-state index contributed by atoms with van der Waals surface area (Å²) >= 11 is 0. The Labute approximate surface area is 180 Å². The van der Waals surface area contributed by atoms with Gasteiger partial charge in [-0.1, -0.05) is 12.1 Å². The Kier molecular flexibility index (Phi) is 6.96. The number of carbonyl (C=O) groups is 3. The molecule has 3 amide bonds. The first-order valence-corrected chi connectivity index (χ1v) is 9.75. The number of nitrogens with zero attached hydrogens (tertiary/aromatic N) is 1. The summed E-state index contributed by atoms with van der Waals surface area (Å²) in [5.74, 6) is -0.403. The maximum Gasteiger partial charge on any atom is 0.410 e. The molecule has 2 aromatic rings. The lowest BCUT2D eigenvalue weighted by Crippen LogP contribution is -2.37. The molecule has 2 aromatic carbocycles. The Balaban J connectivity index is 1.62. The van der Waals surface area contributed by atoms with Crippen LogP contribution in [0.5, 0.6) is 11.5 Å². The zero-order valence-corrected chi connectivity index (χ0v) is 17.6. The number of hydrogen-bond acceptors (Lipinski definition) is 6. The highest BCUT2D eigenvalue weighted by molar-refractivity contribution is 6.39. The van der Waals surface area contributed by atoms with Crippen molar-refractivity contribution < 1.29 is 28.6 Å². The second-order valence-corrected chi connectivity index (χ2v) is 6.99. The number of anilines is 1. The van der Waals surface area contributed by atoms with E-state index < -0.39 is 17.9 Å². The minimum atomic E-state index is -0.800. The maximum absolute atomic E-state index is 12.4. The van der Waals surface area contributed by atoms with Crippen molar-refractivity contribution in [3.63, 3.8) is 0 Å². The SMILES string of the molecule is COc1ccc(OC)c(C(C)NC(=O)C(=O)Nc2cccc(CN3CCOC3=O)c2)c1. The highest BCUT2D eigenvalue weighted by atomic mass is 16.6. The lowest BCUT2D eigenvalue weighted by atomic mass is 10.1. The maximum atomic E-state index is 12.4. The summed E-state index contributed by atoms with van der Waals surface area (Å²) in [6.45, 7) is 2.99. The van der Waals surface area contributed by atoms with Crippen molar-refractivity contribution in [3.05, 3.63) is 53.6 Å². The molecule has 0 spiro atoms. The van der Waals surface area contributed by atoms with Crippen molar-refractivity contribution in [2.24, 2.45) is 0 Å². The van der Waals surface area contributed by atoms with Gasteiger partial charge in [-0.25, -0.2) is 4.79 Å². The van der Waals surface area contributed by atoms with Crippen molar-refractivity contribution in [1.82, 2.24) is 10.2 Å². The molecule has 9 heteroatoms. The van der Waals surface area contributed by atoms with Gasteiger partial charge >= 0.3 is 17.9 Å². The lowest BCUT2D eigenvalue weighted by molar-refractivity contribution is -0.136. The van der Waals surface area contributed by atoms with Crippen molar-refractivity contribution in [2.45, 2.75) is 19.5 Å². The summed E-state index contributed by atoms with van der Waals surface area (Å²) in [7, 11) is 3.07. The molecule has 1 aliphatic rings. The molecule has 164 valence electrons. The number of methoxy groups -OCH3 is 2. The second kappa shape index (κ2) is 9.84. The molecule has 0 saturated carbocycles. The molecule has 1 fully saturated rings. The zero-order valence-electron chi connectivity index (χ0n) is 17.6. The van der Waals surface area contributed by atoms with Crippen LogP contribution in [0.3, 0.4) is 0 Å². The quantitative estimate of drug-likeness (QED) is 0.658. The number of benzene rings is 2. The van der Waals surface area contributed by atoms with Gasteiger partial charge in [0.25, 0.3) is 0 Å². The lowest BCUT2D eigenvalue weighted by Gasteiger charge is -2.18. The summed E-state index contributed by atoms with van der Waals surface area (Å²) in [4.78, 5) is 38.0. The molecule has 9 nitrogen and oxygen atoms in total. The van der Waals surface area contributed by atoms with E-state index in [1.807, 2.05) is 6.07 Å². The molecule has 0 radical (unpaired) electrons. The van der Waals surface area contributed by atoms with E-state index >= 15 is 0 Å². The van der Waals surface area contributed by atoms with E-state index in [4.69, 9.17) is 14.2 Å². The van der Waals surface area contributed by atoms with Crippen LogP contribution in [0, 0.1) is 0 Å². The molecule has 1 saturated heterocycles. The Morgan fingerprint density at radius 1 is 1.13 bits per heavy atom. The number of cyclic esters (lactones) is 1. The Morgan fingerprint density at radius 3 is 2.61 bits per heavy atom. The van der Waals surface area contributed by atoms with Crippen LogP contribution >= 0.6 is 0 Å². The number of hydrogen-bond donors (Lipinski definition) is 2. The third-order valence-electron chi connectivity index (χ3n) is 4.86. The average Bonchev–Trinajstić information content (AvgIpc) is 3.17. The molecular weight excluding hydrogens is 402 g/mol. The second-order valence-electron chi connectivity index (χ2n) is 6.99. The normalized spacial score (nSPS) is 13.9. The molecule has 2 N–H and O–H groups in total. The number of ether oxygens (including phenoxy) is 3. The topological polar surface area (TPSA) is 106 Å². The largest absolute Gasteiger partial charge is 0.497 e. The van der Waals surface area contributed by atoms with Crippen LogP contribution in [0.1, 0.15) is 24.1 Å². The van der Waals surface area contributed by atoms with E-state index in [2.05, 4.69) is 10.6 Å². The van der Waals surface area contributed by atoms with Gasteiger partial charge in [-0.2, -0.15) is 0 Å². The first kappa shape index (κ1) is 21.9. The van der Waals surface area contributed by atoms with Crippen LogP contribution in [0.4, 0.5) is 10.5 Å². The number of amides is 3. The standard InChI is InChI=1S/C22H25N3O6/c1-14(18-12-17(29-2)7-8-19(18)30-3)23-20(26)21(27)24-16-6-4-5-15(11-16)13-25-9-10-31-22(25)28/h4-8,11-12,14H,9-10,13H2,1-3H3,(H,23,26)(H,24,27). The van der Waals surface area contributed by atoms with Crippen LogP contribution < -0.4 is 20.1 Å². The Morgan fingerprint density at radius 2 is 1.94 bits per heavy atom. The third kappa shape index (κ3) is 5.44. The van der Waals surface area contributed by atoms with E-state index in [1.165, 1.54) is 7.11 Å². The van der Waals surface area contributed by atoms with Gasteiger partial charge in [0, 0.05) is 17.8 Å². The van der Waals surface area contributed by atoms with Gasteiger partial charge in [0.2, 0.25) is 0 Å². The summed E-state index contributed by atoms with van der Waals surface area (Å²) in [6.07, 6.45) is -0.365.